The van der Waals surface area contributed by atoms with Crippen LogP contribution >= 0.6 is 0 Å². The van der Waals surface area contributed by atoms with Crippen LogP contribution in [0.3, 0.4) is 0 Å². The summed E-state index contributed by atoms with van der Waals surface area (Å²) >= 11 is 0. The van der Waals surface area contributed by atoms with Crippen LogP contribution in [0, 0.1) is 0 Å². The average Bonchev–Trinajstić information content (AvgIpc) is 3.48. The third-order valence-electron chi connectivity index (χ3n) is 4.00. The van der Waals surface area contributed by atoms with E-state index in [1.165, 1.54) is 12.8 Å². The average molecular weight is 347 g/mol. The van der Waals surface area contributed by atoms with Crippen LogP contribution in [-0.2, 0) is 0 Å². The molecule has 0 atom stereocenters. The lowest BCUT2D eigenvalue weighted by molar-refractivity contribution is 0.340. The van der Waals surface area contributed by atoms with Crippen molar-refractivity contribution < 1.29 is 4.74 Å². The lowest BCUT2D eigenvalue weighted by atomic mass is 10.2. The van der Waals surface area contributed by atoms with E-state index >= 15 is 0 Å². The quantitative estimate of drug-likeness (QED) is 0.665. The summed E-state index contributed by atoms with van der Waals surface area (Å²) in [6.07, 6.45) is 4.10. The standard InChI is InChI=1S/C20H21N5O/c1-2-26-16-10-8-14(9-11-16)22-19-13-18(17-5-3-4-12-21-17)24-20(25-19)23-15-6-7-15/h3-5,8-13,15H,2,6-7H2,1H3,(H2,22,23,24,25). The lowest BCUT2D eigenvalue weighted by Crippen LogP contribution is -2.08. The molecule has 4 rings (SSSR count). The molecule has 2 heterocycles. The van der Waals surface area contributed by atoms with Crippen LogP contribution in [0.2, 0.25) is 0 Å². The zero-order valence-corrected chi connectivity index (χ0v) is 14.6. The first-order chi connectivity index (χ1) is 12.8. The van der Waals surface area contributed by atoms with E-state index in [0.717, 1.165) is 28.6 Å². The molecule has 1 aromatic carbocycles. The number of hydrogen-bond donors (Lipinski definition) is 2. The maximum absolute atomic E-state index is 5.49. The highest BCUT2D eigenvalue weighted by Crippen LogP contribution is 2.27. The topological polar surface area (TPSA) is 72.0 Å². The first kappa shape index (κ1) is 16.3. The summed E-state index contributed by atoms with van der Waals surface area (Å²) < 4.78 is 5.49. The van der Waals surface area contributed by atoms with E-state index in [1.54, 1.807) is 6.20 Å². The minimum Gasteiger partial charge on any atom is -0.494 e. The lowest BCUT2D eigenvalue weighted by Gasteiger charge is -2.11. The van der Waals surface area contributed by atoms with E-state index in [1.807, 2.05) is 55.5 Å². The normalized spacial score (nSPS) is 13.3. The number of ether oxygens (including phenoxy) is 1. The zero-order chi connectivity index (χ0) is 17.8. The molecule has 1 aliphatic carbocycles. The Kier molecular flexibility index (Phi) is 4.64. The second-order valence-electron chi connectivity index (χ2n) is 6.18. The summed E-state index contributed by atoms with van der Waals surface area (Å²) in [5.41, 5.74) is 2.55. The Morgan fingerprint density at radius 2 is 1.88 bits per heavy atom. The van der Waals surface area contributed by atoms with E-state index in [2.05, 4.69) is 25.6 Å². The molecule has 1 aliphatic rings. The molecular weight excluding hydrogens is 326 g/mol. The molecule has 6 nitrogen and oxygen atoms in total. The van der Waals surface area contributed by atoms with Crippen molar-refractivity contribution in [2.45, 2.75) is 25.8 Å². The van der Waals surface area contributed by atoms with Crippen molar-refractivity contribution in [3.63, 3.8) is 0 Å². The molecule has 1 fully saturated rings. The second-order valence-corrected chi connectivity index (χ2v) is 6.18. The summed E-state index contributed by atoms with van der Waals surface area (Å²) in [5.74, 6) is 2.21. The van der Waals surface area contributed by atoms with Crippen LogP contribution in [0.5, 0.6) is 5.75 Å². The monoisotopic (exact) mass is 347 g/mol. The molecule has 0 unspecified atom stereocenters. The molecule has 2 aromatic heterocycles. The van der Waals surface area contributed by atoms with Crippen molar-refractivity contribution in [2.24, 2.45) is 0 Å². The number of pyridine rings is 1. The predicted molar refractivity (Wildman–Crippen MR) is 103 cm³/mol. The smallest absolute Gasteiger partial charge is 0.225 e. The molecule has 132 valence electrons. The highest BCUT2D eigenvalue weighted by molar-refractivity contribution is 5.65. The number of aromatic nitrogens is 3. The highest BCUT2D eigenvalue weighted by Gasteiger charge is 2.22. The molecule has 2 N–H and O–H groups in total. The molecule has 1 saturated carbocycles. The van der Waals surface area contributed by atoms with Gasteiger partial charge < -0.3 is 15.4 Å². The number of hydrogen-bond acceptors (Lipinski definition) is 6. The van der Waals surface area contributed by atoms with Crippen molar-refractivity contribution >= 4 is 17.5 Å². The van der Waals surface area contributed by atoms with Crippen molar-refractivity contribution in [3.8, 4) is 17.1 Å². The van der Waals surface area contributed by atoms with E-state index in [0.29, 0.717) is 18.6 Å². The Balaban J connectivity index is 1.61. The second kappa shape index (κ2) is 7.39. The SMILES string of the molecule is CCOc1ccc(Nc2cc(-c3ccccn3)nc(NC3CC3)n2)cc1. The molecule has 0 saturated heterocycles. The van der Waals surface area contributed by atoms with Crippen LogP contribution in [0.1, 0.15) is 19.8 Å². The van der Waals surface area contributed by atoms with Gasteiger partial charge in [0.1, 0.15) is 11.6 Å². The molecule has 6 heteroatoms. The van der Waals surface area contributed by atoms with Crippen molar-refractivity contribution in [3.05, 3.63) is 54.7 Å². The van der Waals surface area contributed by atoms with Gasteiger partial charge in [0, 0.05) is 24.0 Å². The fraction of sp³-hybridized carbons (Fsp3) is 0.250. The molecule has 0 bridgehead atoms. The number of rotatable bonds is 7. The van der Waals surface area contributed by atoms with Gasteiger partial charge in [0.25, 0.3) is 0 Å². The number of anilines is 3. The number of nitrogens with zero attached hydrogens (tertiary/aromatic N) is 3. The predicted octanol–water partition coefficient (Wildman–Crippen LogP) is 4.26. The number of benzene rings is 1. The molecular formula is C20H21N5O. The maximum atomic E-state index is 5.49. The van der Waals surface area contributed by atoms with Gasteiger partial charge in [-0.05, 0) is 56.2 Å². The van der Waals surface area contributed by atoms with E-state index < -0.39 is 0 Å². The van der Waals surface area contributed by atoms with Crippen molar-refractivity contribution in [2.75, 3.05) is 17.2 Å². The van der Waals surface area contributed by atoms with Gasteiger partial charge in [-0.1, -0.05) is 6.07 Å². The molecule has 0 spiro atoms. The van der Waals surface area contributed by atoms with E-state index in [9.17, 15) is 0 Å². The van der Waals surface area contributed by atoms with Crippen LogP contribution in [0.25, 0.3) is 11.4 Å². The molecule has 0 aliphatic heterocycles. The Hall–Kier alpha value is -3.15. The highest BCUT2D eigenvalue weighted by atomic mass is 16.5. The largest absolute Gasteiger partial charge is 0.494 e. The first-order valence-corrected chi connectivity index (χ1v) is 8.87. The Labute approximate surface area is 152 Å². The van der Waals surface area contributed by atoms with Gasteiger partial charge in [-0.15, -0.1) is 0 Å². The van der Waals surface area contributed by atoms with Crippen LogP contribution < -0.4 is 15.4 Å². The Bertz CT molecular complexity index is 863. The third-order valence-corrected chi connectivity index (χ3v) is 4.00. The van der Waals surface area contributed by atoms with Gasteiger partial charge in [0.05, 0.1) is 18.0 Å². The first-order valence-electron chi connectivity index (χ1n) is 8.87. The fourth-order valence-electron chi connectivity index (χ4n) is 2.58. The fourth-order valence-corrected chi connectivity index (χ4v) is 2.58. The summed E-state index contributed by atoms with van der Waals surface area (Å²) in [4.78, 5) is 13.6. The number of nitrogens with one attached hydrogen (secondary N) is 2. The van der Waals surface area contributed by atoms with Gasteiger partial charge in [0.15, 0.2) is 0 Å². The van der Waals surface area contributed by atoms with Gasteiger partial charge in [-0.25, -0.2) is 4.98 Å². The van der Waals surface area contributed by atoms with E-state index in [4.69, 9.17) is 4.74 Å². The van der Waals surface area contributed by atoms with Crippen molar-refractivity contribution in [1.82, 2.24) is 15.0 Å². The summed E-state index contributed by atoms with van der Waals surface area (Å²) in [6, 6.07) is 16.0. The molecule has 26 heavy (non-hydrogen) atoms. The third kappa shape index (κ3) is 4.08. The molecule has 0 radical (unpaired) electrons. The minimum absolute atomic E-state index is 0.479. The van der Waals surface area contributed by atoms with Gasteiger partial charge in [-0.3, -0.25) is 4.98 Å². The summed E-state index contributed by atoms with van der Waals surface area (Å²) in [6.45, 7) is 2.63. The maximum Gasteiger partial charge on any atom is 0.225 e. The van der Waals surface area contributed by atoms with Gasteiger partial charge in [-0.2, -0.15) is 4.98 Å². The van der Waals surface area contributed by atoms with Crippen LogP contribution in [0.15, 0.2) is 54.7 Å². The van der Waals surface area contributed by atoms with Crippen molar-refractivity contribution in [1.29, 1.82) is 0 Å². The zero-order valence-electron chi connectivity index (χ0n) is 14.6. The van der Waals surface area contributed by atoms with Gasteiger partial charge in [0.2, 0.25) is 5.95 Å². The molecule has 0 amide bonds. The summed E-state index contributed by atoms with van der Waals surface area (Å²) in [7, 11) is 0. The minimum atomic E-state index is 0.479. The van der Waals surface area contributed by atoms with Gasteiger partial charge >= 0.3 is 0 Å². The van der Waals surface area contributed by atoms with Crippen LogP contribution in [-0.4, -0.2) is 27.6 Å². The summed E-state index contributed by atoms with van der Waals surface area (Å²) in [5, 5.41) is 6.71. The van der Waals surface area contributed by atoms with E-state index in [-0.39, 0.29) is 0 Å². The Morgan fingerprint density at radius 1 is 1.04 bits per heavy atom. The van der Waals surface area contributed by atoms with Crippen LogP contribution in [0.4, 0.5) is 17.5 Å². The Morgan fingerprint density at radius 3 is 2.58 bits per heavy atom. The molecule has 3 aromatic rings.